The lowest BCUT2D eigenvalue weighted by Crippen LogP contribution is -2.25. The Labute approximate surface area is 145 Å². The molecular formula is C18H21N5O2. The van der Waals surface area contributed by atoms with Crippen molar-refractivity contribution in [2.75, 3.05) is 6.61 Å². The summed E-state index contributed by atoms with van der Waals surface area (Å²) in [5.41, 5.74) is 2.67. The van der Waals surface area contributed by atoms with Crippen molar-refractivity contribution in [1.29, 1.82) is 5.26 Å². The lowest BCUT2D eigenvalue weighted by atomic mass is 9.92. The average molecular weight is 339 g/mol. The summed E-state index contributed by atoms with van der Waals surface area (Å²) < 4.78 is 7.76. The monoisotopic (exact) mass is 339 g/mol. The van der Waals surface area contributed by atoms with Gasteiger partial charge in [0.25, 0.3) is 0 Å². The molecule has 0 unspecified atom stereocenters. The van der Waals surface area contributed by atoms with E-state index in [-0.39, 0.29) is 18.8 Å². The lowest BCUT2D eigenvalue weighted by Gasteiger charge is -2.30. The Morgan fingerprint density at radius 1 is 1.44 bits per heavy atom. The van der Waals surface area contributed by atoms with Gasteiger partial charge in [-0.15, -0.1) is 0 Å². The third kappa shape index (κ3) is 2.77. The van der Waals surface area contributed by atoms with Crippen LogP contribution < -0.4 is 0 Å². The van der Waals surface area contributed by atoms with Gasteiger partial charge in [0.05, 0.1) is 23.9 Å². The summed E-state index contributed by atoms with van der Waals surface area (Å²) in [5, 5.41) is 20.0. The number of rotatable bonds is 4. The molecule has 0 bridgehead atoms. The second-order valence-corrected chi connectivity index (χ2v) is 6.65. The second-order valence-electron chi connectivity index (χ2n) is 6.65. The van der Waals surface area contributed by atoms with E-state index < -0.39 is 6.10 Å². The van der Waals surface area contributed by atoms with Crippen LogP contribution in [0.25, 0.3) is 22.1 Å². The van der Waals surface area contributed by atoms with Crippen LogP contribution >= 0.6 is 0 Å². The summed E-state index contributed by atoms with van der Waals surface area (Å²) >= 11 is 0. The Balaban J connectivity index is 1.74. The Morgan fingerprint density at radius 3 is 2.96 bits per heavy atom. The van der Waals surface area contributed by atoms with Gasteiger partial charge in [-0.1, -0.05) is 0 Å². The van der Waals surface area contributed by atoms with Crippen molar-refractivity contribution < 1.29 is 9.84 Å². The van der Waals surface area contributed by atoms with Gasteiger partial charge < -0.3 is 19.4 Å². The van der Waals surface area contributed by atoms with Crippen LogP contribution in [-0.2, 0) is 4.74 Å². The summed E-state index contributed by atoms with van der Waals surface area (Å²) in [6, 6.07) is 4.31. The maximum absolute atomic E-state index is 10.3. The first-order valence-corrected chi connectivity index (χ1v) is 8.69. The van der Waals surface area contributed by atoms with E-state index in [9.17, 15) is 5.11 Å². The molecule has 1 aliphatic rings. The first-order valence-electron chi connectivity index (χ1n) is 8.69. The smallest absolute Gasteiger partial charge is 0.139 e. The number of hydrogen-bond donors (Lipinski definition) is 2. The van der Waals surface area contributed by atoms with Gasteiger partial charge in [0.15, 0.2) is 0 Å². The minimum Gasteiger partial charge on any atom is -0.385 e. The van der Waals surface area contributed by atoms with Crippen molar-refractivity contribution in [3.63, 3.8) is 0 Å². The number of pyridine rings is 1. The molecule has 0 spiro atoms. The Morgan fingerprint density at radius 2 is 2.24 bits per heavy atom. The van der Waals surface area contributed by atoms with Crippen molar-refractivity contribution in [3.8, 4) is 6.07 Å². The number of aliphatic hydroxyl groups excluding tert-OH is 1. The molecule has 25 heavy (non-hydrogen) atoms. The van der Waals surface area contributed by atoms with Gasteiger partial charge in [-0.05, 0) is 38.7 Å². The van der Waals surface area contributed by atoms with Crippen molar-refractivity contribution >= 4 is 22.1 Å². The highest BCUT2D eigenvalue weighted by molar-refractivity contribution is 6.01. The van der Waals surface area contributed by atoms with Crippen LogP contribution in [0, 0.1) is 11.3 Å². The normalized spacial score (nSPS) is 22.3. The molecule has 0 saturated heterocycles. The molecule has 1 saturated carbocycles. The quantitative estimate of drug-likeness (QED) is 0.761. The minimum atomic E-state index is -0.644. The number of H-pyrrole nitrogens is 1. The van der Waals surface area contributed by atoms with E-state index in [2.05, 4.69) is 19.5 Å². The maximum Gasteiger partial charge on any atom is 0.139 e. The fourth-order valence-corrected chi connectivity index (χ4v) is 3.90. The molecular weight excluding hydrogens is 318 g/mol. The number of imidazole rings is 1. The fraction of sp³-hybridized carbons (Fsp3) is 0.500. The van der Waals surface area contributed by atoms with Crippen LogP contribution in [-0.4, -0.2) is 37.3 Å². The topological polar surface area (TPSA) is 99.8 Å². The Hall–Kier alpha value is -2.43. The Bertz CT molecular complexity index is 928. The predicted molar refractivity (Wildman–Crippen MR) is 92.9 cm³/mol. The minimum absolute atomic E-state index is 0.148. The van der Waals surface area contributed by atoms with E-state index in [0.29, 0.717) is 5.82 Å². The number of aliphatic hydroxyl groups is 1. The number of nitriles is 1. The molecule has 1 atom stereocenters. The molecule has 1 fully saturated rings. The maximum atomic E-state index is 10.3. The molecule has 3 heterocycles. The van der Waals surface area contributed by atoms with E-state index in [1.165, 1.54) is 0 Å². The zero-order valence-electron chi connectivity index (χ0n) is 14.1. The molecule has 7 nitrogen and oxygen atoms in total. The van der Waals surface area contributed by atoms with Gasteiger partial charge in [-0.3, -0.25) is 0 Å². The summed E-state index contributed by atoms with van der Waals surface area (Å²) in [5.74, 6) is 0.687. The predicted octanol–water partition coefficient (Wildman–Crippen LogP) is 2.99. The van der Waals surface area contributed by atoms with E-state index in [0.717, 1.165) is 47.8 Å². The van der Waals surface area contributed by atoms with Crippen LogP contribution in [0.5, 0.6) is 0 Å². The SMILES string of the molecule is C[C@@H](O)c1nc2cnc3[nH]ccc3c2n1[C@H]1CC[C@H](OCC#N)CC1. The molecule has 1 aliphatic carbocycles. The lowest BCUT2D eigenvalue weighted by molar-refractivity contribution is 0.0377. The highest BCUT2D eigenvalue weighted by atomic mass is 16.5. The number of aromatic amines is 1. The third-order valence-corrected chi connectivity index (χ3v) is 5.03. The molecule has 0 amide bonds. The molecule has 0 aromatic carbocycles. The van der Waals surface area contributed by atoms with Crippen molar-refractivity contribution in [2.45, 2.75) is 50.9 Å². The summed E-state index contributed by atoms with van der Waals surface area (Å²) in [4.78, 5) is 12.2. The largest absolute Gasteiger partial charge is 0.385 e. The van der Waals surface area contributed by atoms with Gasteiger partial charge in [-0.2, -0.15) is 5.26 Å². The van der Waals surface area contributed by atoms with Crippen LogP contribution in [0.4, 0.5) is 0 Å². The number of hydrogen-bond acceptors (Lipinski definition) is 5. The molecule has 0 aliphatic heterocycles. The van der Waals surface area contributed by atoms with Gasteiger partial charge in [-0.25, -0.2) is 9.97 Å². The van der Waals surface area contributed by atoms with Gasteiger partial charge in [0.1, 0.15) is 29.7 Å². The summed E-state index contributed by atoms with van der Waals surface area (Å²) in [7, 11) is 0. The van der Waals surface area contributed by atoms with Crippen LogP contribution in [0.3, 0.4) is 0 Å². The average Bonchev–Trinajstić information content (AvgIpc) is 3.24. The summed E-state index contributed by atoms with van der Waals surface area (Å²) in [6.07, 6.45) is 6.84. The second kappa shape index (κ2) is 6.47. The number of nitrogens with zero attached hydrogens (tertiary/aromatic N) is 4. The van der Waals surface area contributed by atoms with Crippen LogP contribution in [0.2, 0.25) is 0 Å². The van der Waals surface area contributed by atoms with Gasteiger partial charge in [0.2, 0.25) is 0 Å². The Kier molecular flexibility index (Phi) is 4.15. The first kappa shape index (κ1) is 16.1. The first-order chi connectivity index (χ1) is 12.2. The van der Waals surface area contributed by atoms with Crippen LogP contribution in [0.1, 0.15) is 50.6 Å². The molecule has 3 aromatic rings. The van der Waals surface area contributed by atoms with Gasteiger partial charge in [0, 0.05) is 17.6 Å². The number of aromatic nitrogens is 4. The van der Waals surface area contributed by atoms with Crippen LogP contribution in [0.15, 0.2) is 18.5 Å². The molecule has 2 N–H and O–H groups in total. The molecule has 7 heteroatoms. The zero-order chi connectivity index (χ0) is 17.4. The molecule has 4 rings (SSSR count). The third-order valence-electron chi connectivity index (χ3n) is 5.03. The standard InChI is InChI=1S/C18H21N5O2/c1-11(24)18-22-15-10-21-17-14(6-8-20-17)16(15)23(18)12-2-4-13(5-3-12)25-9-7-19/h6,8,10-13,24H,2-5,9H2,1H3,(H,20,21)/t11-,12-,13-/m1/s1. The van der Waals surface area contributed by atoms with Crippen molar-refractivity contribution in [2.24, 2.45) is 0 Å². The molecule has 3 aromatic heterocycles. The molecule has 0 radical (unpaired) electrons. The highest BCUT2D eigenvalue weighted by Gasteiger charge is 2.28. The fourth-order valence-electron chi connectivity index (χ4n) is 3.90. The summed E-state index contributed by atoms with van der Waals surface area (Å²) in [6.45, 7) is 1.90. The number of ether oxygens (including phenoxy) is 1. The van der Waals surface area contributed by atoms with Crippen molar-refractivity contribution in [1.82, 2.24) is 19.5 Å². The van der Waals surface area contributed by atoms with E-state index in [1.54, 1.807) is 13.1 Å². The molecule has 130 valence electrons. The van der Waals surface area contributed by atoms with E-state index in [4.69, 9.17) is 10.00 Å². The number of fused-ring (bicyclic) bond motifs is 3. The van der Waals surface area contributed by atoms with E-state index >= 15 is 0 Å². The van der Waals surface area contributed by atoms with Crippen molar-refractivity contribution in [3.05, 3.63) is 24.3 Å². The number of nitrogens with one attached hydrogen (secondary N) is 1. The zero-order valence-corrected chi connectivity index (χ0v) is 14.1. The highest BCUT2D eigenvalue weighted by Crippen LogP contribution is 2.37. The van der Waals surface area contributed by atoms with Gasteiger partial charge >= 0.3 is 0 Å². The van der Waals surface area contributed by atoms with E-state index in [1.807, 2.05) is 18.3 Å².